The van der Waals surface area contributed by atoms with Crippen molar-refractivity contribution >= 4 is 34.6 Å². The van der Waals surface area contributed by atoms with Crippen LogP contribution in [0.25, 0.3) is 5.69 Å². The van der Waals surface area contributed by atoms with Crippen LogP contribution in [-0.4, -0.2) is 14.7 Å². The van der Waals surface area contributed by atoms with E-state index >= 15 is 0 Å². The Morgan fingerprint density at radius 3 is 2.44 bits per heavy atom. The van der Waals surface area contributed by atoms with E-state index in [0.717, 1.165) is 33.3 Å². The summed E-state index contributed by atoms with van der Waals surface area (Å²) < 4.78 is 2.21. The molecule has 4 nitrogen and oxygen atoms in total. The summed E-state index contributed by atoms with van der Waals surface area (Å²) in [7, 11) is 0. The third-order valence-electron chi connectivity index (χ3n) is 5.91. The minimum Gasteiger partial charge on any atom is -0.351 e. The first kappa shape index (κ1) is 20.7. The van der Waals surface area contributed by atoms with Crippen molar-refractivity contribution in [3.05, 3.63) is 113 Å². The van der Waals surface area contributed by atoms with Crippen molar-refractivity contribution in [2.24, 2.45) is 0 Å². The molecule has 0 bridgehead atoms. The van der Waals surface area contributed by atoms with Gasteiger partial charge in [0.25, 0.3) is 0 Å². The minimum atomic E-state index is -0.0907. The number of halogens is 1. The molecule has 0 spiro atoms. The fourth-order valence-corrected chi connectivity index (χ4v) is 4.75. The second kappa shape index (κ2) is 8.41. The average Bonchev–Trinajstić information content (AvgIpc) is 3.41. The minimum absolute atomic E-state index is 0.0777. The van der Waals surface area contributed by atoms with Crippen molar-refractivity contribution in [2.75, 3.05) is 4.90 Å². The van der Waals surface area contributed by atoms with Crippen LogP contribution in [0.1, 0.15) is 34.6 Å². The van der Waals surface area contributed by atoms with Gasteiger partial charge in [-0.1, -0.05) is 35.4 Å². The van der Waals surface area contributed by atoms with Crippen molar-refractivity contribution < 1.29 is 0 Å². The number of benzene rings is 2. The zero-order valence-electron chi connectivity index (χ0n) is 17.9. The quantitative estimate of drug-likeness (QED) is 0.363. The first-order valence-electron chi connectivity index (χ1n) is 10.5. The molecule has 0 saturated carbocycles. The van der Waals surface area contributed by atoms with Crippen LogP contribution in [0.2, 0.25) is 5.02 Å². The highest BCUT2D eigenvalue weighted by Crippen LogP contribution is 2.42. The normalized spacial score (nSPS) is 18.1. The molecule has 1 aliphatic rings. The van der Waals surface area contributed by atoms with E-state index in [4.69, 9.17) is 23.8 Å². The Bertz CT molecular complexity index is 1270. The Labute approximate surface area is 198 Å². The Morgan fingerprint density at radius 2 is 1.72 bits per heavy atom. The van der Waals surface area contributed by atoms with Gasteiger partial charge in [-0.3, -0.25) is 4.98 Å². The summed E-state index contributed by atoms with van der Waals surface area (Å²) in [6.45, 7) is 4.11. The number of nitrogens with one attached hydrogen (secondary N) is 1. The van der Waals surface area contributed by atoms with Gasteiger partial charge in [0, 0.05) is 34.5 Å². The molecule has 160 valence electrons. The highest BCUT2D eigenvalue weighted by molar-refractivity contribution is 7.80. The lowest BCUT2D eigenvalue weighted by atomic mass is 10.0. The van der Waals surface area contributed by atoms with Gasteiger partial charge in [-0.15, -0.1) is 0 Å². The van der Waals surface area contributed by atoms with E-state index in [9.17, 15) is 0 Å². The molecule has 0 aliphatic carbocycles. The molecule has 1 saturated heterocycles. The predicted octanol–water partition coefficient (Wildman–Crippen LogP) is 6.32. The number of aryl methyl sites for hydroxylation is 2. The molecular formula is C26H23ClN4S. The van der Waals surface area contributed by atoms with Gasteiger partial charge in [-0.05, 0) is 86.2 Å². The highest BCUT2D eigenvalue weighted by Gasteiger charge is 2.42. The topological polar surface area (TPSA) is 33.1 Å². The van der Waals surface area contributed by atoms with E-state index in [0.29, 0.717) is 5.11 Å². The SMILES string of the molecule is Cc1ccc(N2C(=S)N[C@H](c3ccccn3)[C@@H]2c2cccn2-c2ccc(Cl)c(C)c2)cc1. The molecule has 4 aromatic rings. The van der Waals surface area contributed by atoms with Gasteiger partial charge in [-0.2, -0.15) is 0 Å². The van der Waals surface area contributed by atoms with Gasteiger partial charge in [0.05, 0.1) is 11.7 Å². The van der Waals surface area contributed by atoms with Gasteiger partial charge in [0.15, 0.2) is 5.11 Å². The molecule has 2 aromatic carbocycles. The van der Waals surface area contributed by atoms with Gasteiger partial charge in [0.2, 0.25) is 0 Å². The second-order valence-corrected chi connectivity index (χ2v) is 8.86. The van der Waals surface area contributed by atoms with Crippen LogP contribution in [0.15, 0.2) is 85.2 Å². The number of anilines is 1. The van der Waals surface area contributed by atoms with Crippen LogP contribution in [0.4, 0.5) is 5.69 Å². The summed E-state index contributed by atoms with van der Waals surface area (Å²) in [5.41, 5.74) is 6.44. The first-order valence-corrected chi connectivity index (χ1v) is 11.3. The van der Waals surface area contributed by atoms with E-state index in [1.54, 1.807) is 0 Å². The fraction of sp³-hybridized carbons (Fsp3) is 0.154. The van der Waals surface area contributed by atoms with Gasteiger partial charge in [-0.25, -0.2) is 0 Å². The largest absolute Gasteiger partial charge is 0.351 e. The van der Waals surface area contributed by atoms with Crippen LogP contribution < -0.4 is 10.2 Å². The van der Waals surface area contributed by atoms with Gasteiger partial charge < -0.3 is 14.8 Å². The van der Waals surface area contributed by atoms with Crippen LogP contribution >= 0.6 is 23.8 Å². The summed E-state index contributed by atoms with van der Waals surface area (Å²) in [4.78, 5) is 6.85. The number of nitrogens with zero attached hydrogens (tertiary/aromatic N) is 3. The van der Waals surface area contributed by atoms with Crippen LogP contribution in [0, 0.1) is 13.8 Å². The Kier molecular flexibility index (Phi) is 5.45. The summed E-state index contributed by atoms with van der Waals surface area (Å²) in [5.74, 6) is 0. The third-order valence-corrected chi connectivity index (χ3v) is 6.65. The molecule has 0 unspecified atom stereocenters. The number of thiocarbonyl (C=S) groups is 1. The predicted molar refractivity (Wildman–Crippen MR) is 135 cm³/mol. The summed E-state index contributed by atoms with van der Waals surface area (Å²) >= 11 is 12.1. The van der Waals surface area contributed by atoms with Crippen molar-refractivity contribution in [3.63, 3.8) is 0 Å². The van der Waals surface area contributed by atoms with E-state index < -0.39 is 0 Å². The molecule has 1 aliphatic heterocycles. The van der Waals surface area contributed by atoms with E-state index in [1.165, 1.54) is 5.56 Å². The molecule has 1 N–H and O–H groups in total. The van der Waals surface area contributed by atoms with Crippen LogP contribution in [0.3, 0.4) is 0 Å². The van der Waals surface area contributed by atoms with E-state index in [-0.39, 0.29) is 12.1 Å². The van der Waals surface area contributed by atoms with Crippen molar-refractivity contribution in [1.29, 1.82) is 0 Å². The Balaban J connectivity index is 1.67. The lowest BCUT2D eigenvalue weighted by Crippen LogP contribution is -2.30. The molecule has 1 fully saturated rings. The zero-order valence-corrected chi connectivity index (χ0v) is 19.4. The summed E-state index contributed by atoms with van der Waals surface area (Å²) in [6.07, 6.45) is 3.91. The van der Waals surface area contributed by atoms with Crippen molar-refractivity contribution in [3.8, 4) is 5.69 Å². The standard InChI is InChI=1S/C26H23ClN4S/c1-17-8-10-19(11-9-17)31-25(24(29-26(31)32)22-6-3-4-14-28-22)23-7-5-15-30(23)20-12-13-21(27)18(2)16-20/h3-16,24-25H,1-2H3,(H,29,32)/t24-,25+/m1/s1. The molecule has 2 atom stereocenters. The Hall–Kier alpha value is -3.15. The van der Waals surface area contributed by atoms with E-state index in [2.05, 4.69) is 75.4 Å². The van der Waals surface area contributed by atoms with Gasteiger partial charge >= 0.3 is 0 Å². The molecule has 0 radical (unpaired) electrons. The number of aromatic nitrogens is 2. The fourth-order valence-electron chi connectivity index (χ4n) is 4.29. The molecule has 5 rings (SSSR count). The Morgan fingerprint density at radius 1 is 0.938 bits per heavy atom. The molecule has 32 heavy (non-hydrogen) atoms. The first-order chi connectivity index (χ1) is 15.5. The molecule has 3 heterocycles. The van der Waals surface area contributed by atoms with Crippen molar-refractivity contribution in [1.82, 2.24) is 14.9 Å². The maximum atomic E-state index is 6.29. The number of hydrogen-bond acceptors (Lipinski definition) is 2. The number of hydrogen-bond donors (Lipinski definition) is 1. The van der Waals surface area contributed by atoms with Crippen LogP contribution in [-0.2, 0) is 0 Å². The molecule has 0 amide bonds. The van der Waals surface area contributed by atoms with Crippen LogP contribution in [0.5, 0.6) is 0 Å². The molecular weight excluding hydrogens is 436 g/mol. The maximum absolute atomic E-state index is 6.29. The lowest BCUT2D eigenvalue weighted by molar-refractivity contribution is 0.549. The maximum Gasteiger partial charge on any atom is 0.174 e. The molecule has 6 heteroatoms. The summed E-state index contributed by atoms with van der Waals surface area (Å²) in [6, 6.07) is 24.6. The monoisotopic (exact) mass is 458 g/mol. The van der Waals surface area contributed by atoms with Gasteiger partial charge in [0.1, 0.15) is 6.04 Å². The number of pyridine rings is 1. The average molecular weight is 459 g/mol. The third kappa shape index (κ3) is 3.68. The highest BCUT2D eigenvalue weighted by atomic mass is 35.5. The zero-order chi connectivity index (χ0) is 22.2. The molecule has 2 aromatic heterocycles. The van der Waals surface area contributed by atoms with Crippen molar-refractivity contribution in [2.45, 2.75) is 25.9 Å². The second-order valence-electron chi connectivity index (χ2n) is 8.07. The van der Waals surface area contributed by atoms with E-state index in [1.807, 2.05) is 43.5 Å². The number of rotatable bonds is 4. The summed E-state index contributed by atoms with van der Waals surface area (Å²) in [5, 5.41) is 4.98. The smallest absolute Gasteiger partial charge is 0.174 e. The lowest BCUT2D eigenvalue weighted by Gasteiger charge is -2.29.